The Morgan fingerprint density at radius 3 is 2.81 bits per heavy atom. The van der Waals surface area contributed by atoms with Gasteiger partial charge in [0.2, 0.25) is 5.89 Å². The molecule has 1 aliphatic carbocycles. The highest BCUT2D eigenvalue weighted by atomic mass is 16.4. The summed E-state index contributed by atoms with van der Waals surface area (Å²) in [5.74, 6) is 0.639. The number of rotatable bonds is 2. The zero-order valence-electron chi connectivity index (χ0n) is 11.8. The third kappa shape index (κ3) is 2.67. The van der Waals surface area contributed by atoms with Crippen molar-refractivity contribution in [1.82, 2.24) is 10.2 Å². The van der Waals surface area contributed by atoms with E-state index in [0.717, 1.165) is 30.4 Å². The summed E-state index contributed by atoms with van der Waals surface area (Å²) >= 11 is 0. The van der Waals surface area contributed by atoms with Gasteiger partial charge in [-0.05, 0) is 36.5 Å². The highest BCUT2D eigenvalue weighted by Gasteiger charge is 2.18. The van der Waals surface area contributed by atoms with Gasteiger partial charge in [0.25, 0.3) is 5.89 Å². The van der Waals surface area contributed by atoms with Gasteiger partial charge in [0.05, 0.1) is 5.71 Å². The zero-order valence-corrected chi connectivity index (χ0v) is 11.8. The van der Waals surface area contributed by atoms with Gasteiger partial charge in [0.15, 0.2) is 0 Å². The Morgan fingerprint density at radius 1 is 1.24 bits per heavy atom. The van der Waals surface area contributed by atoms with Gasteiger partial charge < -0.3 is 4.42 Å². The van der Waals surface area contributed by atoms with Gasteiger partial charge in [-0.2, -0.15) is 0 Å². The van der Waals surface area contributed by atoms with Crippen molar-refractivity contribution in [2.45, 2.75) is 26.2 Å². The van der Waals surface area contributed by atoms with Crippen LogP contribution in [-0.2, 0) is 6.42 Å². The van der Waals surface area contributed by atoms with E-state index in [-0.39, 0.29) is 11.6 Å². The van der Waals surface area contributed by atoms with Crippen LogP contribution in [0.25, 0.3) is 0 Å². The van der Waals surface area contributed by atoms with Crippen LogP contribution in [0.1, 0.15) is 35.7 Å². The Labute approximate surface area is 122 Å². The summed E-state index contributed by atoms with van der Waals surface area (Å²) in [7, 11) is 0. The number of aryl methyl sites for hydroxylation is 2. The fourth-order valence-electron chi connectivity index (χ4n) is 2.54. The molecule has 0 unspecified atom stereocenters. The third-order valence-electron chi connectivity index (χ3n) is 3.58. The molecule has 2 aromatic rings. The molecule has 2 N–H and O–H groups in total. The molecule has 1 aromatic carbocycles. The first-order valence-corrected chi connectivity index (χ1v) is 6.92. The van der Waals surface area contributed by atoms with Crippen LogP contribution in [0.3, 0.4) is 0 Å². The van der Waals surface area contributed by atoms with Crippen LogP contribution in [0.2, 0.25) is 0 Å². The quantitative estimate of drug-likeness (QED) is 0.654. The summed E-state index contributed by atoms with van der Waals surface area (Å²) in [6, 6.07) is 7.99. The Bertz CT molecular complexity index is 742. The molecule has 0 fully saturated rings. The zero-order chi connectivity index (χ0) is 14.8. The van der Waals surface area contributed by atoms with Gasteiger partial charge in [-0.15, -0.1) is 10.2 Å². The number of nitrogens with one attached hydrogen (secondary N) is 2. The van der Waals surface area contributed by atoms with Gasteiger partial charge in [-0.3, -0.25) is 10.8 Å². The van der Waals surface area contributed by atoms with Gasteiger partial charge in [0.1, 0.15) is 5.71 Å². The van der Waals surface area contributed by atoms with Crippen LogP contribution in [0.4, 0.5) is 0 Å². The monoisotopic (exact) mass is 280 g/mol. The van der Waals surface area contributed by atoms with Gasteiger partial charge in [-0.25, -0.2) is 0 Å². The number of aromatic nitrogens is 2. The molecule has 0 atom stereocenters. The third-order valence-corrected chi connectivity index (χ3v) is 3.58. The van der Waals surface area contributed by atoms with E-state index in [4.69, 9.17) is 15.2 Å². The molecule has 1 aliphatic rings. The highest BCUT2D eigenvalue weighted by Crippen LogP contribution is 2.24. The summed E-state index contributed by atoms with van der Waals surface area (Å²) in [5, 5.41) is 24.0. The lowest BCUT2D eigenvalue weighted by molar-refractivity contribution is 0.510. The smallest absolute Gasteiger partial charge is 0.265 e. The Balaban J connectivity index is 1.94. The van der Waals surface area contributed by atoms with Crippen LogP contribution in [0, 0.1) is 17.7 Å². The Morgan fingerprint density at radius 2 is 2.05 bits per heavy atom. The number of hydrogen-bond donors (Lipinski definition) is 2. The second-order valence-corrected chi connectivity index (χ2v) is 5.10. The van der Waals surface area contributed by atoms with E-state index in [1.807, 2.05) is 18.2 Å². The summed E-state index contributed by atoms with van der Waals surface area (Å²) in [6.45, 7) is 1.70. The molecule has 0 aliphatic heterocycles. The minimum atomic E-state index is 0.162. The van der Waals surface area contributed by atoms with Crippen LogP contribution in [0.15, 0.2) is 40.3 Å². The lowest BCUT2D eigenvalue weighted by atomic mass is 9.98. The summed E-state index contributed by atoms with van der Waals surface area (Å²) in [6.07, 6.45) is 4.39. The van der Waals surface area contributed by atoms with Crippen molar-refractivity contribution in [2.24, 2.45) is 0 Å². The predicted molar refractivity (Wildman–Crippen MR) is 80.2 cm³/mol. The normalized spacial score (nSPS) is 16.6. The van der Waals surface area contributed by atoms with Crippen molar-refractivity contribution in [3.05, 3.63) is 58.8 Å². The molecule has 5 nitrogen and oxygen atoms in total. The first-order chi connectivity index (χ1) is 10.1. The molecular formula is C16H16N4O. The lowest BCUT2D eigenvalue weighted by Gasteiger charge is -2.07. The maximum Gasteiger partial charge on any atom is 0.265 e. The van der Waals surface area contributed by atoms with Crippen LogP contribution < -0.4 is 0 Å². The first kappa shape index (κ1) is 13.4. The molecule has 0 spiro atoms. The van der Waals surface area contributed by atoms with Crippen molar-refractivity contribution >= 4 is 11.4 Å². The molecule has 3 rings (SSSR count). The van der Waals surface area contributed by atoms with Gasteiger partial charge >= 0.3 is 0 Å². The number of benzene rings is 1. The van der Waals surface area contributed by atoms with Crippen molar-refractivity contribution in [2.75, 3.05) is 0 Å². The molecule has 106 valence electrons. The van der Waals surface area contributed by atoms with E-state index in [0.29, 0.717) is 11.6 Å². The number of hydrogen-bond acceptors (Lipinski definition) is 5. The fourth-order valence-corrected chi connectivity index (χ4v) is 2.54. The van der Waals surface area contributed by atoms with E-state index >= 15 is 0 Å². The SMILES string of the molecule is Cc1nnc(C(=N)/C=C2/CCCc3ccccc3C2=N)o1. The van der Waals surface area contributed by atoms with Crippen LogP contribution >= 0.6 is 0 Å². The number of fused-ring (bicyclic) bond motifs is 1. The molecule has 0 bridgehead atoms. The van der Waals surface area contributed by atoms with Gasteiger partial charge in [-0.1, -0.05) is 24.3 Å². The van der Waals surface area contributed by atoms with Crippen molar-refractivity contribution in [1.29, 1.82) is 10.8 Å². The summed E-state index contributed by atoms with van der Waals surface area (Å²) in [4.78, 5) is 0. The van der Waals surface area contributed by atoms with Crippen molar-refractivity contribution in [3.63, 3.8) is 0 Å². The largest absolute Gasteiger partial charge is 0.420 e. The van der Waals surface area contributed by atoms with E-state index < -0.39 is 0 Å². The number of allylic oxidation sites excluding steroid dienone is 2. The molecular weight excluding hydrogens is 264 g/mol. The van der Waals surface area contributed by atoms with Crippen LogP contribution in [-0.4, -0.2) is 21.6 Å². The highest BCUT2D eigenvalue weighted by molar-refractivity contribution is 6.16. The van der Waals surface area contributed by atoms with Gasteiger partial charge in [0, 0.05) is 12.5 Å². The molecule has 5 heteroatoms. The minimum absolute atomic E-state index is 0.162. The molecule has 21 heavy (non-hydrogen) atoms. The summed E-state index contributed by atoms with van der Waals surface area (Å²) in [5.41, 5.74) is 3.65. The standard InChI is InChI=1S/C16H16N4O/c1-10-19-20-16(21-10)14(17)9-12-7-4-6-11-5-2-3-8-13(11)15(12)18/h2-3,5,8-9,17-18H,4,6-7H2,1H3/b12-9-,17-14?,18-15?. The molecule has 0 radical (unpaired) electrons. The predicted octanol–water partition coefficient (Wildman–Crippen LogP) is 3.08. The Hall–Kier alpha value is -2.56. The topological polar surface area (TPSA) is 86.6 Å². The van der Waals surface area contributed by atoms with E-state index in [1.54, 1.807) is 13.0 Å². The van der Waals surface area contributed by atoms with E-state index in [9.17, 15) is 0 Å². The minimum Gasteiger partial charge on any atom is -0.420 e. The maximum absolute atomic E-state index is 8.40. The average Bonchev–Trinajstić information content (AvgIpc) is 2.86. The maximum atomic E-state index is 8.40. The molecule has 1 aromatic heterocycles. The van der Waals surface area contributed by atoms with Crippen molar-refractivity contribution in [3.8, 4) is 0 Å². The van der Waals surface area contributed by atoms with Crippen molar-refractivity contribution < 1.29 is 4.42 Å². The van der Waals surface area contributed by atoms with E-state index in [2.05, 4.69) is 16.3 Å². The first-order valence-electron chi connectivity index (χ1n) is 6.92. The lowest BCUT2D eigenvalue weighted by Crippen LogP contribution is -2.06. The molecule has 0 saturated heterocycles. The molecule has 0 amide bonds. The van der Waals surface area contributed by atoms with E-state index in [1.165, 1.54) is 5.56 Å². The molecule has 0 saturated carbocycles. The van der Waals surface area contributed by atoms with Crippen LogP contribution in [0.5, 0.6) is 0 Å². The number of nitrogens with zero attached hydrogens (tertiary/aromatic N) is 2. The summed E-state index contributed by atoms with van der Waals surface area (Å²) < 4.78 is 5.26. The Kier molecular flexibility index (Phi) is 3.48. The molecule has 1 heterocycles. The average molecular weight is 280 g/mol. The second kappa shape index (κ2) is 5.44. The fraction of sp³-hybridized carbons (Fsp3) is 0.250. The second-order valence-electron chi connectivity index (χ2n) is 5.10.